The predicted octanol–water partition coefficient (Wildman–Crippen LogP) is 2.96. The van der Waals surface area contributed by atoms with Crippen LogP contribution in [-0.2, 0) is 29.2 Å². The molecule has 4 N–H and O–H groups in total. The van der Waals surface area contributed by atoms with Crippen molar-refractivity contribution in [1.82, 2.24) is 30.5 Å². The molecule has 1 saturated heterocycles. The van der Waals surface area contributed by atoms with Crippen LogP contribution in [0.1, 0.15) is 99.3 Å². The smallest absolute Gasteiger partial charge is 0.315 e. The Bertz CT molecular complexity index is 1510. The maximum absolute atomic E-state index is 15.0. The molecule has 292 valence electrons. The number of fused-ring (bicyclic) bond motifs is 1. The van der Waals surface area contributed by atoms with E-state index in [1.54, 1.807) is 4.90 Å². The zero-order valence-corrected chi connectivity index (χ0v) is 33.3. The monoisotopic (exact) mass is 746 g/mol. The van der Waals surface area contributed by atoms with Gasteiger partial charge in [0, 0.05) is 39.1 Å². The molecule has 1 unspecified atom stereocenters. The first-order valence-corrected chi connectivity index (χ1v) is 20.4. The highest BCUT2D eigenvalue weighted by molar-refractivity contribution is 7.88. The summed E-state index contributed by atoms with van der Waals surface area (Å²) in [5.41, 5.74) is -1.31. The van der Waals surface area contributed by atoms with E-state index in [0.29, 0.717) is 25.8 Å². The number of likely N-dealkylation sites (N-methyl/N-ethyl adjacent to an activating group) is 1. The summed E-state index contributed by atoms with van der Waals surface area (Å²) < 4.78 is 25.7. The lowest BCUT2D eigenvalue weighted by molar-refractivity contribution is -0.145. The number of nitrogens with zero attached hydrogens (tertiary/aromatic N) is 2. The van der Waals surface area contributed by atoms with Gasteiger partial charge in [-0.1, -0.05) is 66.9 Å². The van der Waals surface area contributed by atoms with Crippen molar-refractivity contribution >= 4 is 39.6 Å². The zero-order valence-electron chi connectivity index (χ0n) is 32.5. The number of amides is 5. The molecule has 2 saturated carbocycles. The van der Waals surface area contributed by atoms with Crippen LogP contribution in [0.2, 0.25) is 0 Å². The van der Waals surface area contributed by atoms with Gasteiger partial charge in [-0.15, -0.1) is 18.9 Å². The molecule has 3 fully saturated rings. The van der Waals surface area contributed by atoms with E-state index in [-0.39, 0.29) is 49.1 Å². The fourth-order valence-electron chi connectivity index (χ4n) is 8.16. The number of sulfonamides is 1. The van der Waals surface area contributed by atoms with Gasteiger partial charge in [0.2, 0.25) is 27.6 Å². The van der Waals surface area contributed by atoms with Crippen LogP contribution in [0.3, 0.4) is 0 Å². The second-order valence-corrected chi connectivity index (χ2v) is 19.2. The van der Waals surface area contributed by atoms with Crippen LogP contribution in [0.25, 0.3) is 0 Å². The van der Waals surface area contributed by atoms with Crippen molar-refractivity contribution in [2.75, 3.05) is 32.9 Å². The molecule has 2 aliphatic carbocycles. The SMILES string of the molecule is C#CCCC(NC(=O)[C@@H]1[C@H]2CCC(C)(C)[C@H]2CN1C(=O)[C@@H](NC(=O)N[C@H](CN(C)S(C)(=O)=O)C(C)(C)C)C1(C)CCCCC1)C(=O)C(=O)NCC=C. The van der Waals surface area contributed by atoms with Crippen molar-refractivity contribution in [3.63, 3.8) is 0 Å². The molecule has 0 aromatic rings. The van der Waals surface area contributed by atoms with E-state index in [0.717, 1.165) is 31.9 Å². The van der Waals surface area contributed by atoms with E-state index in [1.165, 1.54) is 17.4 Å². The standard InChI is InChI=1S/C38H62N6O7S/c1-11-13-17-27(30(45)33(47)39-22-12-2)40-32(46)29-25-18-21-37(6,7)26(25)23-44(29)34(48)31(38(8)19-15-14-16-20-38)42-35(49)41-28(36(3,4)5)24-43(9)52(10,50)51/h1,12,25-29,31H,2,13-24H2,3-10H3,(H,39,47)(H,40,46)(H2,41,42,49)/t25-,26-,27?,28+,29-,31+/m0/s1. The summed E-state index contributed by atoms with van der Waals surface area (Å²) in [4.78, 5) is 70.7. The highest BCUT2D eigenvalue weighted by Gasteiger charge is 2.58. The lowest BCUT2D eigenvalue weighted by Gasteiger charge is -2.43. The minimum atomic E-state index is -3.52. The molecule has 14 heteroatoms. The summed E-state index contributed by atoms with van der Waals surface area (Å²) in [6, 6.07) is -4.29. The van der Waals surface area contributed by atoms with Crippen molar-refractivity contribution in [2.24, 2.45) is 28.1 Å². The van der Waals surface area contributed by atoms with Gasteiger partial charge in [0.25, 0.3) is 5.91 Å². The van der Waals surface area contributed by atoms with E-state index < -0.39 is 68.6 Å². The molecule has 0 aromatic carbocycles. The number of urea groups is 1. The van der Waals surface area contributed by atoms with Gasteiger partial charge in [0.05, 0.1) is 12.3 Å². The first-order chi connectivity index (χ1) is 24.1. The number of nitrogens with one attached hydrogen (secondary N) is 4. The third kappa shape index (κ3) is 10.4. The molecule has 52 heavy (non-hydrogen) atoms. The summed E-state index contributed by atoms with van der Waals surface area (Å²) in [7, 11) is -2.07. The van der Waals surface area contributed by atoms with E-state index in [2.05, 4.69) is 47.6 Å². The van der Waals surface area contributed by atoms with Crippen molar-refractivity contribution in [1.29, 1.82) is 0 Å². The van der Waals surface area contributed by atoms with Gasteiger partial charge in [-0.05, 0) is 60.2 Å². The maximum atomic E-state index is 15.0. The van der Waals surface area contributed by atoms with Gasteiger partial charge in [0.1, 0.15) is 12.1 Å². The van der Waals surface area contributed by atoms with Crippen molar-refractivity contribution in [3.05, 3.63) is 12.7 Å². The molecule has 1 heterocycles. The number of ketones is 1. The number of Topliss-reactive ketones (excluding diaryl/α,β-unsaturated/α-hetero) is 1. The lowest BCUT2D eigenvalue weighted by atomic mass is 9.70. The summed E-state index contributed by atoms with van der Waals surface area (Å²) in [5, 5.41) is 11.2. The van der Waals surface area contributed by atoms with Crippen molar-refractivity contribution in [2.45, 2.75) is 123 Å². The molecule has 5 amide bonds. The summed E-state index contributed by atoms with van der Waals surface area (Å²) in [6.45, 7) is 15.9. The highest BCUT2D eigenvalue weighted by Crippen LogP contribution is 2.53. The Morgan fingerprint density at radius 1 is 1.04 bits per heavy atom. The van der Waals surface area contributed by atoms with Gasteiger partial charge in [0.15, 0.2) is 0 Å². The molecule has 0 spiro atoms. The van der Waals surface area contributed by atoms with Crippen molar-refractivity contribution < 1.29 is 32.4 Å². The quantitative estimate of drug-likeness (QED) is 0.113. The Morgan fingerprint density at radius 3 is 2.23 bits per heavy atom. The van der Waals surface area contributed by atoms with Gasteiger partial charge >= 0.3 is 6.03 Å². The number of rotatable bonds is 15. The third-order valence-electron chi connectivity index (χ3n) is 11.7. The fraction of sp³-hybridized carbons (Fsp3) is 0.763. The molecular weight excluding hydrogens is 685 g/mol. The number of likely N-dealkylation sites (tertiary alicyclic amines) is 1. The highest BCUT2D eigenvalue weighted by atomic mass is 32.2. The Morgan fingerprint density at radius 2 is 1.67 bits per heavy atom. The van der Waals surface area contributed by atoms with Gasteiger partial charge in [-0.3, -0.25) is 19.2 Å². The Kier molecular flexibility index (Phi) is 14.2. The Balaban J connectivity index is 1.99. The number of carbonyl (C=O) groups excluding carboxylic acids is 5. The minimum Gasteiger partial charge on any atom is -0.346 e. The average molecular weight is 747 g/mol. The lowest BCUT2D eigenvalue weighted by Crippen LogP contribution is -2.63. The molecule has 0 radical (unpaired) electrons. The molecule has 3 rings (SSSR count). The van der Waals surface area contributed by atoms with Crippen LogP contribution in [0.15, 0.2) is 12.7 Å². The molecule has 3 aliphatic rings. The molecular formula is C38H62N6O7S. The fourth-order valence-corrected chi connectivity index (χ4v) is 8.58. The largest absolute Gasteiger partial charge is 0.346 e. The molecule has 6 atom stereocenters. The Labute approximate surface area is 311 Å². The van der Waals surface area contributed by atoms with Gasteiger partial charge in [-0.25, -0.2) is 17.5 Å². The topological polar surface area (TPSA) is 174 Å². The normalized spacial score (nSPS) is 24.1. The van der Waals surface area contributed by atoms with Crippen LogP contribution in [0.4, 0.5) is 4.79 Å². The Hall–Kier alpha value is -3.44. The second-order valence-electron chi connectivity index (χ2n) is 17.1. The number of terminal acetylenes is 1. The second kappa shape index (κ2) is 17.1. The zero-order chi connectivity index (χ0) is 39.2. The predicted molar refractivity (Wildman–Crippen MR) is 201 cm³/mol. The van der Waals surface area contributed by atoms with Gasteiger partial charge in [-0.2, -0.15) is 0 Å². The molecule has 0 aromatic heterocycles. The van der Waals surface area contributed by atoms with E-state index in [4.69, 9.17) is 6.42 Å². The van der Waals surface area contributed by atoms with Crippen LogP contribution in [0, 0.1) is 40.4 Å². The van der Waals surface area contributed by atoms with Crippen molar-refractivity contribution in [3.8, 4) is 12.3 Å². The first-order valence-electron chi connectivity index (χ1n) is 18.5. The van der Waals surface area contributed by atoms with Crippen LogP contribution >= 0.6 is 0 Å². The molecule has 1 aliphatic heterocycles. The molecule has 13 nitrogen and oxygen atoms in total. The number of hydrogen-bond acceptors (Lipinski definition) is 7. The van der Waals surface area contributed by atoms with E-state index >= 15 is 4.79 Å². The number of hydrogen-bond donors (Lipinski definition) is 4. The number of carbonyl (C=O) groups is 5. The van der Waals surface area contributed by atoms with Gasteiger partial charge < -0.3 is 26.2 Å². The summed E-state index contributed by atoms with van der Waals surface area (Å²) in [5.74, 6) is -0.320. The summed E-state index contributed by atoms with van der Waals surface area (Å²) >= 11 is 0. The summed E-state index contributed by atoms with van der Waals surface area (Å²) in [6.07, 6.45) is 13.9. The van der Waals surface area contributed by atoms with E-state index in [1.807, 2.05) is 27.7 Å². The maximum Gasteiger partial charge on any atom is 0.315 e. The third-order valence-corrected chi connectivity index (χ3v) is 13.0. The average Bonchev–Trinajstić information content (AvgIpc) is 3.59. The van der Waals surface area contributed by atoms with Crippen LogP contribution in [0.5, 0.6) is 0 Å². The van der Waals surface area contributed by atoms with Crippen LogP contribution in [-0.4, -0.2) is 104 Å². The first kappa shape index (κ1) is 43.0. The van der Waals surface area contributed by atoms with E-state index in [9.17, 15) is 27.6 Å². The molecule has 0 bridgehead atoms. The minimum absolute atomic E-state index is 0.00612. The van der Waals surface area contributed by atoms with Crippen LogP contribution < -0.4 is 21.3 Å².